The third kappa shape index (κ3) is 5.34. The molecule has 0 spiro atoms. The standard InChI is InChI=1S/C22H17Cl3F6N2O2/c1-2-17(34)32-9-11-3-4-13(7-14(11)21(26,27)28)33-10-20(8-18(33)35,22(29,30)31)12-5-15(23)19(25)16(24)6-12/h3-7H,2,8-10H2,1H3,(H,32,34). The lowest BCUT2D eigenvalue weighted by molar-refractivity contribution is -0.185. The molecule has 2 aromatic rings. The Kier molecular flexibility index (Phi) is 7.60. The third-order valence-electron chi connectivity index (χ3n) is 5.77. The Morgan fingerprint density at radius 3 is 2.17 bits per heavy atom. The predicted molar refractivity (Wildman–Crippen MR) is 120 cm³/mol. The van der Waals surface area contributed by atoms with Crippen molar-refractivity contribution in [3.63, 3.8) is 0 Å². The van der Waals surface area contributed by atoms with Gasteiger partial charge in [0.25, 0.3) is 0 Å². The van der Waals surface area contributed by atoms with Crippen molar-refractivity contribution in [3.05, 3.63) is 62.1 Å². The predicted octanol–water partition coefficient (Wildman–Crippen LogP) is 6.93. The summed E-state index contributed by atoms with van der Waals surface area (Å²) in [5.41, 5.74) is -5.07. The normalized spacial score (nSPS) is 18.8. The van der Waals surface area contributed by atoms with Gasteiger partial charge in [-0.25, -0.2) is 0 Å². The molecule has 1 fully saturated rings. The fraction of sp³-hybridized carbons (Fsp3) is 0.364. The quantitative estimate of drug-likeness (QED) is 0.318. The Balaban J connectivity index is 2.06. The van der Waals surface area contributed by atoms with E-state index in [4.69, 9.17) is 34.8 Å². The molecule has 1 aliphatic rings. The van der Waals surface area contributed by atoms with Crippen LogP contribution in [0.2, 0.25) is 15.1 Å². The number of benzene rings is 2. The zero-order valence-corrected chi connectivity index (χ0v) is 20.1. The van der Waals surface area contributed by atoms with Gasteiger partial charge in [-0.3, -0.25) is 9.59 Å². The van der Waals surface area contributed by atoms with Crippen molar-refractivity contribution in [2.45, 2.75) is 44.1 Å². The lowest BCUT2D eigenvalue weighted by Crippen LogP contribution is -2.45. The molecule has 2 aromatic carbocycles. The van der Waals surface area contributed by atoms with Gasteiger partial charge >= 0.3 is 12.4 Å². The maximum Gasteiger partial charge on any atom is 0.416 e. The Morgan fingerprint density at radius 1 is 1.06 bits per heavy atom. The van der Waals surface area contributed by atoms with E-state index < -0.39 is 60.2 Å². The van der Waals surface area contributed by atoms with Gasteiger partial charge in [-0.05, 0) is 35.4 Å². The molecule has 0 aromatic heterocycles. The second-order valence-electron chi connectivity index (χ2n) is 7.96. The van der Waals surface area contributed by atoms with E-state index in [0.717, 1.165) is 24.3 Å². The van der Waals surface area contributed by atoms with E-state index in [1.807, 2.05) is 0 Å². The average molecular weight is 562 g/mol. The maximum atomic E-state index is 14.4. The van der Waals surface area contributed by atoms with Crippen molar-refractivity contribution in [2.75, 3.05) is 11.4 Å². The Hall–Kier alpha value is -2.17. The van der Waals surface area contributed by atoms with E-state index in [9.17, 15) is 35.9 Å². The molecule has 1 heterocycles. The van der Waals surface area contributed by atoms with Crippen LogP contribution >= 0.6 is 34.8 Å². The van der Waals surface area contributed by atoms with Crippen LogP contribution < -0.4 is 10.2 Å². The molecule has 1 unspecified atom stereocenters. The number of nitrogens with one attached hydrogen (secondary N) is 1. The van der Waals surface area contributed by atoms with Gasteiger partial charge in [0.15, 0.2) is 0 Å². The molecule has 3 rings (SSSR count). The topological polar surface area (TPSA) is 49.4 Å². The minimum Gasteiger partial charge on any atom is -0.352 e. The monoisotopic (exact) mass is 560 g/mol. The van der Waals surface area contributed by atoms with Crippen LogP contribution in [0.5, 0.6) is 0 Å². The minimum absolute atomic E-state index is 0.0555. The summed E-state index contributed by atoms with van der Waals surface area (Å²) in [6, 6.07) is 4.61. The summed E-state index contributed by atoms with van der Waals surface area (Å²) in [5, 5.41) is 1.63. The Labute approximate surface area is 211 Å². The SMILES string of the molecule is CCC(=O)NCc1ccc(N2CC(c3cc(Cl)c(Cl)c(Cl)c3)(C(F)(F)F)CC2=O)cc1C(F)(F)F. The number of carbonyl (C=O) groups excluding carboxylic acids is 2. The van der Waals surface area contributed by atoms with E-state index in [-0.39, 0.29) is 32.7 Å². The molecule has 1 atom stereocenters. The highest BCUT2D eigenvalue weighted by atomic mass is 35.5. The second-order valence-corrected chi connectivity index (χ2v) is 9.15. The maximum absolute atomic E-state index is 14.4. The van der Waals surface area contributed by atoms with Crippen molar-refractivity contribution in [1.82, 2.24) is 5.32 Å². The van der Waals surface area contributed by atoms with Gasteiger partial charge in [0.2, 0.25) is 11.8 Å². The number of amides is 2. The van der Waals surface area contributed by atoms with Crippen LogP contribution in [0.1, 0.15) is 36.5 Å². The van der Waals surface area contributed by atoms with Crippen LogP contribution in [0.25, 0.3) is 0 Å². The van der Waals surface area contributed by atoms with E-state index in [1.165, 1.54) is 6.92 Å². The van der Waals surface area contributed by atoms with E-state index >= 15 is 0 Å². The summed E-state index contributed by atoms with van der Waals surface area (Å²) >= 11 is 17.7. The lowest BCUT2D eigenvalue weighted by Gasteiger charge is -2.32. The summed E-state index contributed by atoms with van der Waals surface area (Å²) in [6.45, 7) is 0.0902. The highest BCUT2D eigenvalue weighted by Crippen LogP contribution is 2.51. The van der Waals surface area contributed by atoms with Crippen LogP contribution in [0.3, 0.4) is 0 Å². The molecule has 35 heavy (non-hydrogen) atoms. The summed E-state index contributed by atoms with van der Waals surface area (Å²) in [7, 11) is 0. The minimum atomic E-state index is -4.98. The van der Waals surface area contributed by atoms with Crippen molar-refractivity contribution in [2.24, 2.45) is 0 Å². The highest BCUT2D eigenvalue weighted by Gasteiger charge is 2.62. The molecule has 0 bridgehead atoms. The first kappa shape index (κ1) is 27.4. The van der Waals surface area contributed by atoms with Gasteiger partial charge < -0.3 is 10.2 Å². The number of nitrogens with zero attached hydrogens (tertiary/aromatic N) is 1. The Bertz CT molecular complexity index is 1150. The first-order chi connectivity index (χ1) is 16.1. The largest absolute Gasteiger partial charge is 0.416 e. The first-order valence-corrected chi connectivity index (χ1v) is 11.2. The molecule has 0 aliphatic carbocycles. The molecule has 13 heteroatoms. The fourth-order valence-corrected chi connectivity index (χ4v) is 4.45. The molecule has 190 valence electrons. The van der Waals surface area contributed by atoms with Crippen LogP contribution in [0, 0.1) is 0 Å². The molecule has 1 aliphatic heterocycles. The summed E-state index contributed by atoms with van der Waals surface area (Å²) < 4.78 is 84.2. The highest BCUT2D eigenvalue weighted by molar-refractivity contribution is 6.48. The number of halogens is 9. The van der Waals surface area contributed by atoms with Crippen molar-refractivity contribution >= 4 is 52.3 Å². The van der Waals surface area contributed by atoms with Crippen molar-refractivity contribution < 1.29 is 35.9 Å². The van der Waals surface area contributed by atoms with E-state index in [1.54, 1.807) is 0 Å². The average Bonchev–Trinajstić information content (AvgIpc) is 3.13. The van der Waals surface area contributed by atoms with Gasteiger partial charge in [-0.15, -0.1) is 0 Å². The molecule has 0 radical (unpaired) electrons. The van der Waals surface area contributed by atoms with E-state index in [2.05, 4.69) is 5.32 Å². The lowest BCUT2D eigenvalue weighted by atomic mass is 9.78. The zero-order valence-electron chi connectivity index (χ0n) is 17.9. The molecule has 1 saturated heterocycles. The molecule has 4 nitrogen and oxygen atoms in total. The second kappa shape index (κ2) is 9.71. The van der Waals surface area contributed by atoms with Crippen molar-refractivity contribution in [3.8, 4) is 0 Å². The number of rotatable bonds is 5. The van der Waals surface area contributed by atoms with Gasteiger partial charge in [-0.2, -0.15) is 26.3 Å². The molecule has 1 N–H and O–H groups in total. The van der Waals surface area contributed by atoms with Crippen molar-refractivity contribution in [1.29, 1.82) is 0 Å². The summed E-state index contributed by atoms with van der Waals surface area (Å²) in [4.78, 5) is 24.8. The van der Waals surface area contributed by atoms with Gasteiger partial charge in [0.1, 0.15) is 5.41 Å². The van der Waals surface area contributed by atoms with Crippen LogP contribution in [-0.2, 0) is 27.7 Å². The fourth-order valence-electron chi connectivity index (χ4n) is 3.85. The molecular weight excluding hydrogens is 545 g/mol. The molecule has 0 saturated carbocycles. The number of hydrogen-bond donors (Lipinski definition) is 1. The number of carbonyl (C=O) groups is 2. The van der Waals surface area contributed by atoms with Crippen LogP contribution in [0.4, 0.5) is 32.0 Å². The zero-order chi connectivity index (χ0) is 26.3. The summed E-state index contributed by atoms with van der Waals surface area (Å²) in [6.07, 6.45) is -10.9. The van der Waals surface area contributed by atoms with Gasteiger partial charge in [-0.1, -0.05) is 47.8 Å². The smallest absolute Gasteiger partial charge is 0.352 e. The van der Waals surface area contributed by atoms with E-state index in [0.29, 0.717) is 11.0 Å². The molecule has 2 amide bonds. The van der Waals surface area contributed by atoms with Gasteiger partial charge in [0.05, 0.1) is 20.6 Å². The number of hydrogen-bond acceptors (Lipinski definition) is 2. The van der Waals surface area contributed by atoms with Crippen LogP contribution in [0.15, 0.2) is 30.3 Å². The molecular formula is C22H17Cl3F6N2O2. The van der Waals surface area contributed by atoms with Gasteiger partial charge in [0, 0.05) is 31.6 Å². The van der Waals surface area contributed by atoms with Crippen LogP contribution in [-0.4, -0.2) is 24.5 Å². The third-order valence-corrected chi connectivity index (χ3v) is 6.97. The Morgan fingerprint density at radius 2 is 1.66 bits per heavy atom. The number of anilines is 1. The first-order valence-electron chi connectivity index (χ1n) is 10.1. The summed E-state index contributed by atoms with van der Waals surface area (Å²) in [5.74, 6) is -1.52. The number of alkyl halides is 6.